The van der Waals surface area contributed by atoms with Crippen LogP contribution in [0, 0.1) is 17.7 Å². The van der Waals surface area contributed by atoms with E-state index in [0.717, 1.165) is 12.0 Å². The van der Waals surface area contributed by atoms with Gasteiger partial charge in [-0.25, -0.2) is 4.39 Å². The van der Waals surface area contributed by atoms with Crippen molar-refractivity contribution in [2.24, 2.45) is 11.8 Å². The minimum absolute atomic E-state index is 0.0250. The molecule has 0 saturated carbocycles. The van der Waals surface area contributed by atoms with Crippen LogP contribution in [0.1, 0.15) is 37.3 Å². The molecule has 0 radical (unpaired) electrons. The molecule has 2 aromatic carbocycles. The fourth-order valence-corrected chi connectivity index (χ4v) is 4.74. The van der Waals surface area contributed by atoms with Crippen LogP contribution in [0.3, 0.4) is 0 Å². The molecule has 1 fully saturated rings. The van der Waals surface area contributed by atoms with Gasteiger partial charge in [0.1, 0.15) is 29.5 Å². The molecule has 0 aromatic heterocycles. The molecule has 1 aliphatic heterocycles. The highest BCUT2D eigenvalue weighted by Gasteiger charge is 2.56. The van der Waals surface area contributed by atoms with Crippen LogP contribution < -0.4 is 4.74 Å². The van der Waals surface area contributed by atoms with Crippen LogP contribution in [0.25, 0.3) is 0 Å². The van der Waals surface area contributed by atoms with E-state index in [2.05, 4.69) is 0 Å². The molecule has 0 amide bonds. The van der Waals surface area contributed by atoms with Gasteiger partial charge >= 0.3 is 5.97 Å². The van der Waals surface area contributed by atoms with E-state index in [-0.39, 0.29) is 37.9 Å². The number of carbonyl (C=O) groups is 2. The molecule has 7 heteroatoms. The lowest BCUT2D eigenvalue weighted by atomic mass is 9.70. The van der Waals surface area contributed by atoms with Crippen LogP contribution in [0.2, 0.25) is 0 Å². The SMILES string of the molecule is CCC[C@H]1C[C@]2(C(Cc3ccc(OC)cc3F)C(=O)OCc3ccccc3)OCOC2=CC1=O. The molecule has 2 aliphatic rings. The van der Waals surface area contributed by atoms with E-state index < -0.39 is 23.3 Å². The lowest BCUT2D eigenvalue weighted by molar-refractivity contribution is -0.162. The van der Waals surface area contributed by atoms with Gasteiger partial charge in [-0.15, -0.1) is 0 Å². The van der Waals surface area contributed by atoms with Gasteiger partial charge in [-0.2, -0.15) is 0 Å². The summed E-state index contributed by atoms with van der Waals surface area (Å²) in [5, 5.41) is 0. The van der Waals surface area contributed by atoms with E-state index in [4.69, 9.17) is 18.9 Å². The highest BCUT2D eigenvalue weighted by Crippen LogP contribution is 2.47. The Kier molecular flexibility index (Phi) is 7.32. The summed E-state index contributed by atoms with van der Waals surface area (Å²) in [4.78, 5) is 26.2. The normalized spacial score (nSPS) is 22.4. The second-order valence-electron chi connectivity index (χ2n) is 8.70. The van der Waals surface area contributed by atoms with E-state index in [1.165, 1.54) is 19.3 Å². The number of fused-ring (bicyclic) bond motifs is 1. The zero-order valence-electron chi connectivity index (χ0n) is 19.4. The number of ketones is 1. The maximum absolute atomic E-state index is 14.9. The van der Waals surface area contributed by atoms with Crippen molar-refractivity contribution in [3.8, 4) is 5.75 Å². The topological polar surface area (TPSA) is 71.1 Å². The molecule has 180 valence electrons. The fraction of sp³-hybridized carbons (Fsp3) is 0.407. The summed E-state index contributed by atoms with van der Waals surface area (Å²) in [6.07, 6.45) is 3.23. The van der Waals surface area contributed by atoms with Crippen LogP contribution in [0.15, 0.2) is 60.4 Å². The van der Waals surface area contributed by atoms with E-state index in [1.54, 1.807) is 12.1 Å². The van der Waals surface area contributed by atoms with E-state index in [0.29, 0.717) is 23.5 Å². The first-order chi connectivity index (χ1) is 16.5. The van der Waals surface area contributed by atoms with E-state index >= 15 is 0 Å². The van der Waals surface area contributed by atoms with Gasteiger partial charge in [-0.1, -0.05) is 49.7 Å². The highest BCUT2D eigenvalue weighted by atomic mass is 19.1. The molecule has 1 unspecified atom stereocenters. The standard InChI is InChI=1S/C27H29FO6/c1-3-7-20-15-27(25(14-24(20)29)33-17-34-27)22(12-19-10-11-21(31-2)13-23(19)28)26(30)32-16-18-8-5-4-6-9-18/h4-6,8-11,13-14,20,22H,3,7,12,15-17H2,1-2H3/t20-,22?,27+/m0/s1. The summed E-state index contributed by atoms with van der Waals surface area (Å²) < 4.78 is 37.4. The molecule has 1 saturated heterocycles. The predicted molar refractivity (Wildman–Crippen MR) is 122 cm³/mol. The molecule has 1 heterocycles. The minimum atomic E-state index is -1.19. The van der Waals surface area contributed by atoms with Crippen molar-refractivity contribution in [2.45, 2.75) is 44.8 Å². The van der Waals surface area contributed by atoms with Crippen molar-refractivity contribution >= 4 is 11.8 Å². The smallest absolute Gasteiger partial charge is 0.313 e. The summed E-state index contributed by atoms with van der Waals surface area (Å²) >= 11 is 0. The van der Waals surface area contributed by atoms with Gasteiger partial charge in [-0.3, -0.25) is 9.59 Å². The van der Waals surface area contributed by atoms with Gasteiger partial charge in [0.25, 0.3) is 0 Å². The number of benzene rings is 2. The summed E-state index contributed by atoms with van der Waals surface area (Å²) in [6.45, 7) is 2.00. The molecular weight excluding hydrogens is 439 g/mol. The number of carbonyl (C=O) groups excluding carboxylic acids is 2. The maximum Gasteiger partial charge on any atom is 0.313 e. The summed E-state index contributed by atoms with van der Waals surface area (Å²) in [5.41, 5.74) is -0.0196. The molecule has 2 aromatic rings. The average Bonchev–Trinajstić information content (AvgIpc) is 3.26. The lowest BCUT2D eigenvalue weighted by Gasteiger charge is -2.38. The molecular formula is C27H29FO6. The van der Waals surface area contributed by atoms with Gasteiger partial charge in [0.15, 0.2) is 12.6 Å². The number of allylic oxidation sites excluding steroid dienone is 1. The third kappa shape index (κ3) is 4.85. The first kappa shape index (κ1) is 24.0. The third-order valence-electron chi connectivity index (χ3n) is 6.57. The molecule has 0 N–H and O–H groups in total. The van der Waals surface area contributed by atoms with Crippen molar-refractivity contribution in [3.05, 3.63) is 77.3 Å². The van der Waals surface area contributed by atoms with Gasteiger partial charge in [0.05, 0.1) is 13.0 Å². The highest BCUT2D eigenvalue weighted by molar-refractivity contribution is 5.94. The van der Waals surface area contributed by atoms with Crippen molar-refractivity contribution in [1.29, 1.82) is 0 Å². The number of hydrogen-bond acceptors (Lipinski definition) is 6. The van der Waals surface area contributed by atoms with Crippen LogP contribution in [-0.2, 0) is 36.8 Å². The molecule has 6 nitrogen and oxygen atoms in total. The third-order valence-corrected chi connectivity index (χ3v) is 6.57. The molecule has 0 bridgehead atoms. The number of ether oxygens (including phenoxy) is 4. The van der Waals surface area contributed by atoms with Crippen LogP contribution in [0.5, 0.6) is 5.75 Å². The van der Waals surface area contributed by atoms with E-state index in [9.17, 15) is 14.0 Å². The number of hydrogen-bond donors (Lipinski definition) is 0. The average molecular weight is 469 g/mol. The van der Waals surface area contributed by atoms with Gasteiger partial charge in [0, 0.05) is 18.1 Å². The van der Waals surface area contributed by atoms with Crippen molar-refractivity contribution in [2.75, 3.05) is 13.9 Å². The Balaban J connectivity index is 1.68. The predicted octanol–water partition coefficient (Wildman–Crippen LogP) is 4.75. The van der Waals surface area contributed by atoms with Crippen molar-refractivity contribution < 1.29 is 32.9 Å². The second-order valence-corrected chi connectivity index (χ2v) is 8.70. The Morgan fingerprint density at radius 3 is 2.74 bits per heavy atom. The fourth-order valence-electron chi connectivity index (χ4n) is 4.74. The molecule has 4 rings (SSSR count). The Hall–Kier alpha value is -3.19. The van der Waals surface area contributed by atoms with Gasteiger partial charge in [0.2, 0.25) is 0 Å². The quantitative estimate of drug-likeness (QED) is 0.495. The monoisotopic (exact) mass is 468 g/mol. The first-order valence-corrected chi connectivity index (χ1v) is 11.5. The Morgan fingerprint density at radius 2 is 2.03 bits per heavy atom. The number of esters is 1. The minimum Gasteiger partial charge on any atom is -0.497 e. The van der Waals surface area contributed by atoms with Crippen LogP contribution in [0.4, 0.5) is 4.39 Å². The Bertz CT molecular complexity index is 1070. The Morgan fingerprint density at radius 1 is 1.24 bits per heavy atom. The molecule has 3 atom stereocenters. The summed E-state index contributed by atoms with van der Waals surface area (Å²) in [6, 6.07) is 13.9. The first-order valence-electron chi connectivity index (χ1n) is 11.5. The number of halogens is 1. The largest absolute Gasteiger partial charge is 0.497 e. The zero-order valence-corrected chi connectivity index (χ0v) is 19.4. The van der Waals surface area contributed by atoms with Gasteiger partial charge < -0.3 is 18.9 Å². The zero-order chi connectivity index (χ0) is 24.1. The number of rotatable bonds is 9. The lowest BCUT2D eigenvalue weighted by Crippen LogP contribution is -2.49. The molecule has 0 spiro atoms. The summed E-state index contributed by atoms with van der Waals surface area (Å²) in [7, 11) is 1.46. The Labute approximate surface area is 198 Å². The summed E-state index contributed by atoms with van der Waals surface area (Å²) in [5.74, 6) is -1.56. The number of methoxy groups -OCH3 is 1. The van der Waals surface area contributed by atoms with Crippen LogP contribution >= 0.6 is 0 Å². The van der Waals surface area contributed by atoms with Crippen molar-refractivity contribution in [3.63, 3.8) is 0 Å². The maximum atomic E-state index is 14.9. The molecule has 1 aliphatic carbocycles. The van der Waals surface area contributed by atoms with Crippen molar-refractivity contribution in [1.82, 2.24) is 0 Å². The van der Waals surface area contributed by atoms with E-state index in [1.807, 2.05) is 37.3 Å². The second kappa shape index (κ2) is 10.4. The van der Waals surface area contributed by atoms with Gasteiger partial charge in [-0.05, 0) is 36.5 Å². The molecule has 34 heavy (non-hydrogen) atoms. The van der Waals surface area contributed by atoms with Crippen LogP contribution in [-0.4, -0.2) is 31.3 Å².